The highest BCUT2D eigenvalue weighted by Crippen LogP contribution is 2.29. The highest BCUT2D eigenvalue weighted by atomic mass is 16.5. The Balaban J connectivity index is 2.93. The Kier molecular flexibility index (Phi) is 5.40. The number of rotatable bonds is 7. The second-order valence-corrected chi connectivity index (χ2v) is 3.49. The number of carboxylic acids is 2. The molecule has 1 rings (SSSR count). The van der Waals surface area contributed by atoms with E-state index in [9.17, 15) is 9.59 Å². The summed E-state index contributed by atoms with van der Waals surface area (Å²) < 4.78 is 10.4. The lowest BCUT2D eigenvalue weighted by atomic mass is 10.2. The van der Waals surface area contributed by atoms with E-state index in [1.165, 1.54) is 12.1 Å². The van der Waals surface area contributed by atoms with Crippen molar-refractivity contribution in [2.24, 2.45) is 0 Å². The van der Waals surface area contributed by atoms with Crippen molar-refractivity contribution in [1.82, 2.24) is 0 Å². The second kappa shape index (κ2) is 7.05. The number of ether oxygens (including phenoxy) is 2. The molecule has 0 unspecified atom stereocenters. The summed E-state index contributed by atoms with van der Waals surface area (Å²) in [6.07, 6.45) is 2.41. The molecule has 0 saturated heterocycles. The van der Waals surface area contributed by atoms with E-state index in [0.717, 1.165) is 6.08 Å². The molecular weight excluding hydrogens is 252 g/mol. The summed E-state index contributed by atoms with van der Waals surface area (Å²) in [5.41, 5.74) is 0.619. The molecule has 0 atom stereocenters. The standard InChI is InChI=1S/C13H14O6/c1-2-18-11-7-9(4-6-12(14)15)3-5-10(11)19-8-13(16)17/h3-7H,2,8H2,1H3,(H,14,15)(H,16,17)/b6-4+. The van der Waals surface area contributed by atoms with Crippen LogP contribution in [0.15, 0.2) is 24.3 Å². The third-order valence-corrected chi connectivity index (χ3v) is 2.04. The first kappa shape index (κ1) is 14.6. The molecule has 0 bridgehead atoms. The fraction of sp³-hybridized carbons (Fsp3) is 0.231. The molecule has 0 aromatic heterocycles. The largest absolute Gasteiger partial charge is 0.490 e. The zero-order valence-electron chi connectivity index (χ0n) is 10.3. The average Bonchev–Trinajstić information content (AvgIpc) is 2.35. The molecule has 0 saturated carbocycles. The van der Waals surface area contributed by atoms with Gasteiger partial charge in [0.05, 0.1) is 6.61 Å². The van der Waals surface area contributed by atoms with Crippen LogP contribution in [0.4, 0.5) is 0 Å². The number of hydrogen-bond donors (Lipinski definition) is 2. The average molecular weight is 266 g/mol. The van der Waals surface area contributed by atoms with Crippen molar-refractivity contribution in [3.05, 3.63) is 29.8 Å². The van der Waals surface area contributed by atoms with Crippen LogP contribution in [0, 0.1) is 0 Å². The van der Waals surface area contributed by atoms with Gasteiger partial charge in [0.15, 0.2) is 18.1 Å². The van der Waals surface area contributed by atoms with E-state index in [0.29, 0.717) is 23.7 Å². The molecule has 1 aromatic carbocycles. The first-order valence-corrected chi connectivity index (χ1v) is 5.55. The fourth-order valence-electron chi connectivity index (χ4n) is 1.32. The van der Waals surface area contributed by atoms with Gasteiger partial charge in [-0.1, -0.05) is 6.07 Å². The van der Waals surface area contributed by atoms with Gasteiger partial charge < -0.3 is 19.7 Å². The summed E-state index contributed by atoms with van der Waals surface area (Å²) in [5, 5.41) is 17.1. The Bertz CT molecular complexity index is 492. The van der Waals surface area contributed by atoms with Crippen molar-refractivity contribution < 1.29 is 29.3 Å². The zero-order chi connectivity index (χ0) is 14.3. The SMILES string of the molecule is CCOc1cc(/C=C/C(=O)O)ccc1OCC(=O)O. The number of benzene rings is 1. The van der Waals surface area contributed by atoms with Crippen molar-refractivity contribution in [3.63, 3.8) is 0 Å². The molecule has 1 aromatic rings. The summed E-state index contributed by atoms with van der Waals surface area (Å²) in [4.78, 5) is 20.9. The molecular formula is C13H14O6. The van der Waals surface area contributed by atoms with Crippen molar-refractivity contribution in [2.45, 2.75) is 6.92 Å². The maximum atomic E-state index is 10.4. The lowest BCUT2D eigenvalue weighted by molar-refractivity contribution is -0.139. The predicted octanol–water partition coefficient (Wildman–Crippen LogP) is 1.65. The minimum absolute atomic E-state index is 0.303. The van der Waals surface area contributed by atoms with E-state index in [4.69, 9.17) is 19.7 Å². The summed E-state index contributed by atoms with van der Waals surface area (Å²) in [6.45, 7) is 1.70. The van der Waals surface area contributed by atoms with Gasteiger partial charge >= 0.3 is 11.9 Å². The van der Waals surface area contributed by atoms with E-state index in [-0.39, 0.29) is 0 Å². The minimum atomic E-state index is -1.09. The van der Waals surface area contributed by atoms with Gasteiger partial charge in [-0.25, -0.2) is 9.59 Å². The maximum Gasteiger partial charge on any atom is 0.341 e. The molecule has 6 heteroatoms. The number of carbonyl (C=O) groups is 2. The molecule has 0 spiro atoms. The van der Waals surface area contributed by atoms with Gasteiger partial charge in [-0.05, 0) is 30.7 Å². The molecule has 2 N–H and O–H groups in total. The number of hydrogen-bond acceptors (Lipinski definition) is 4. The first-order valence-electron chi connectivity index (χ1n) is 5.55. The van der Waals surface area contributed by atoms with E-state index in [1.807, 2.05) is 0 Å². The maximum absolute atomic E-state index is 10.4. The Hall–Kier alpha value is -2.50. The van der Waals surface area contributed by atoms with Crippen LogP contribution in [0.25, 0.3) is 6.08 Å². The molecule has 19 heavy (non-hydrogen) atoms. The van der Waals surface area contributed by atoms with Gasteiger partial charge in [0.25, 0.3) is 0 Å². The van der Waals surface area contributed by atoms with E-state index < -0.39 is 18.5 Å². The molecule has 0 fully saturated rings. The molecule has 0 aliphatic carbocycles. The van der Waals surface area contributed by atoms with Crippen LogP contribution in [0.1, 0.15) is 12.5 Å². The molecule has 0 amide bonds. The topological polar surface area (TPSA) is 93.1 Å². The van der Waals surface area contributed by atoms with Crippen molar-refractivity contribution >= 4 is 18.0 Å². The Morgan fingerprint density at radius 1 is 1.21 bits per heavy atom. The van der Waals surface area contributed by atoms with Crippen molar-refractivity contribution in [1.29, 1.82) is 0 Å². The first-order chi connectivity index (χ1) is 9.02. The molecule has 6 nitrogen and oxygen atoms in total. The van der Waals surface area contributed by atoms with Gasteiger partial charge in [-0.3, -0.25) is 0 Å². The van der Waals surface area contributed by atoms with E-state index in [2.05, 4.69) is 0 Å². The lowest BCUT2D eigenvalue weighted by Crippen LogP contribution is -2.10. The molecule has 0 aliphatic heterocycles. The Labute approximate surface area is 109 Å². The van der Waals surface area contributed by atoms with Crippen LogP contribution >= 0.6 is 0 Å². The van der Waals surface area contributed by atoms with Crippen LogP contribution in [0.5, 0.6) is 11.5 Å². The van der Waals surface area contributed by atoms with Crippen LogP contribution in [-0.4, -0.2) is 35.4 Å². The molecule has 0 radical (unpaired) electrons. The third-order valence-electron chi connectivity index (χ3n) is 2.04. The zero-order valence-corrected chi connectivity index (χ0v) is 10.3. The highest BCUT2D eigenvalue weighted by Gasteiger charge is 2.07. The van der Waals surface area contributed by atoms with Gasteiger partial charge in [-0.2, -0.15) is 0 Å². The van der Waals surface area contributed by atoms with Gasteiger partial charge in [0.1, 0.15) is 0 Å². The minimum Gasteiger partial charge on any atom is -0.490 e. The van der Waals surface area contributed by atoms with Crippen LogP contribution in [0.2, 0.25) is 0 Å². The van der Waals surface area contributed by atoms with Gasteiger partial charge in [-0.15, -0.1) is 0 Å². The summed E-state index contributed by atoms with van der Waals surface area (Å²) in [5.74, 6) is -1.46. The van der Waals surface area contributed by atoms with E-state index in [1.54, 1.807) is 19.1 Å². The third kappa shape index (κ3) is 5.12. The summed E-state index contributed by atoms with van der Waals surface area (Å²) in [6, 6.07) is 4.73. The Morgan fingerprint density at radius 3 is 2.53 bits per heavy atom. The molecule has 102 valence electrons. The quantitative estimate of drug-likeness (QED) is 0.729. The Morgan fingerprint density at radius 2 is 1.95 bits per heavy atom. The monoisotopic (exact) mass is 266 g/mol. The van der Waals surface area contributed by atoms with Gasteiger partial charge in [0, 0.05) is 6.08 Å². The van der Waals surface area contributed by atoms with Crippen molar-refractivity contribution in [3.8, 4) is 11.5 Å². The van der Waals surface area contributed by atoms with Gasteiger partial charge in [0.2, 0.25) is 0 Å². The smallest absolute Gasteiger partial charge is 0.341 e. The van der Waals surface area contributed by atoms with E-state index >= 15 is 0 Å². The summed E-state index contributed by atoms with van der Waals surface area (Å²) in [7, 11) is 0. The number of carboxylic acid groups (broad SMARTS) is 2. The highest BCUT2D eigenvalue weighted by molar-refractivity contribution is 5.85. The summed E-state index contributed by atoms with van der Waals surface area (Å²) >= 11 is 0. The fourth-order valence-corrected chi connectivity index (χ4v) is 1.32. The van der Waals surface area contributed by atoms with Crippen LogP contribution in [-0.2, 0) is 9.59 Å². The van der Waals surface area contributed by atoms with Crippen LogP contribution < -0.4 is 9.47 Å². The molecule has 0 heterocycles. The van der Waals surface area contributed by atoms with Crippen LogP contribution in [0.3, 0.4) is 0 Å². The lowest BCUT2D eigenvalue weighted by Gasteiger charge is -2.11. The normalized spacial score (nSPS) is 10.4. The number of aliphatic carboxylic acids is 2. The predicted molar refractivity (Wildman–Crippen MR) is 67.4 cm³/mol. The molecule has 0 aliphatic rings. The van der Waals surface area contributed by atoms with Crippen molar-refractivity contribution in [2.75, 3.05) is 13.2 Å². The second-order valence-electron chi connectivity index (χ2n) is 3.49.